The molecule has 0 radical (unpaired) electrons. The van der Waals surface area contributed by atoms with Crippen molar-refractivity contribution in [2.75, 3.05) is 6.61 Å². The van der Waals surface area contributed by atoms with Gasteiger partial charge in [-0.3, -0.25) is 0 Å². The third kappa shape index (κ3) is 3.94. The van der Waals surface area contributed by atoms with Gasteiger partial charge in [-0.25, -0.2) is 0 Å². The summed E-state index contributed by atoms with van der Waals surface area (Å²) >= 11 is 5.97. The molecule has 0 saturated heterocycles. The van der Waals surface area contributed by atoms with E-state index in [2.05, 4.69) is 0 Å². The van der Waals surface area contributed by atoms with Gasteiger partial charge in [-0.1, -0.05) is 23.2 Å². The maximum atomic E-state index is 8.89. The number of benzene rings is 1. The number of rotatable bonds is 4. The van der Waals surface area contributed by atoms with Gasteiger partial charge in [0, 0.05) is 0 Å². The highest BCUT2D eigenvalue weighted by molar-refractivity contribution is 6.32. The molecule has 1 aromatic carbocycles. The zero-order valence-electron chi connectivity index (χ0n) is 8.96. The van der Waals surface area contributed by atoms with Crippen molar-refractivity contribution in [2.24, 2.45) is 0 Å². The Labute approximate surface area is 95.1 Å². The van der Waals surface area contributed by atoms with Crippen LogP contribution in [0.3, 0.4) is 0 Å². The van der Waals surface area contributed by atoms with Crippen LogP contribution in [-0.4, -0.2) is 11.7 Å². The van der Waals surface area contributed by atoms with Gasteiger partial charge in [-0.2, -0.15) is 0 Å². The number of aliphatic hydroxyl groups excluding tert-OH is 1. The van der Waals surface area contributed by atoms with Gasteiger partial charge in [0.25, 0.3) is 0 Å². The molecule has 0 aliphatic carbocycles. The van der Waals surface area contributed by atoms with Crippen molar-refractivity contribution in [3.63, 3.8) is 0 Å². The van der Waals surface area contributed by atoms with Gasteiger partial charge >= 0.3 is 0 Å². The van der Waals surface area contributed by atoms with Crippen molar-refractivity contribution in [1.82, 2.24) is 0 Å². The van der Waals surface area contributed by atoms with E-state index >= 15 is 0 Å². The third-order valence-electron chi connectivity index (χ3n) is 1.91. The minimum Gasteiger partial charge on any atom is -0.488 e. The standard InChI is InChI=1S/C12H15ClO2/c1-9(2)5-6-15-12-4-3-10(8-14)7-11(12)13/h3-5,7,14H,6,8H2,1-2H3. The SMILES string of the molecule is CC(C)=CCOc1ccc(CO)cc1Cl. The molecule has 0 heterocycles. The van der Waals surface area contributed by atoms with Gasteiger partial charge in [-0.05, 0) is 37.6 Å². The first kappa shape index (κ1) is 12.1. The Balaban J connectivity index is 2.66. The summed E-state index contributed by atoms with van der Waals surface area (Å²) < 4.78 is 5.46. The summed E-state index contributed by atoms with van der Waals surface area (Å²) in [6.07, 6.45) is 1.98. The van der Waals surface area contributed by atoms with Crippen molar-refractivity contribution >= 4 is 11.6 Å². The van der Waals surface area contributed by atoms with E-state index < -0.39 is 0 Å². The Kier molecular flexibility index (Phi) is 4.66. The van der Waals surface area contributed by atoms with Crippen molar-refractivity contribution < 1.29 is 9.84 Å². The lowest BCUT2D eigenvalue weighted by Crippen LogP contribution is -1.95. The molecule has 1 aromatic rings. The van der Waals surface area contributed by atoms with E-state index in [1.807, 2.05) is 19.9 Å². The third-order valence-corrected chi connectivity index (χ3v) is 2.20. The van der Waals surface area contributed by atoms with E-state index in [-0.39, 0.29) is 6.61 Å². The monoisotopic (exact) mass is 226 g/mol. The Bertz CT molecular complexity index is 355. The number of hydrogen-bond acceptors (Lipinski definition) is 2. The molecule has 0 atom stereocenters. The summed E-state index contributed by atoms with van der Waals surface area (Å²) in [4.78, 5) is 0. The number of allylic oxidation sites excluding steroid dienone is 1. The van der Waals surface area contributed by atoms with Gasteiger partial charge in [0.05, 0.1) is 11.6 Å². The highest BCUT2D eigenvalue weighted by Crippen LogP contribution is 2.25. The van der Waals surface area contributed by atoms with Crippen LogP contribution in [0.2, 0.25) is 5.02 Å². The van der Waals surface area contributed by atoms with Gasteiger partial charge in [0.15, 0.2) is 0 Å². The minimum atomic E-state index is -0.00598. The highest BCUT2D eigenvalue weighted by Gasteiger charge is 2.01. The molecule has 0 aromatic heterocycles. The Morgan fingerprint density at radius 2 is 2.20 bits per heavy atom. The summed E-state index contributed by atoms with van der Waals surface area (Å²) in [5.74, 6) is 0.645. The number of ether oxygens (including phenoxy) is 1. The van der Waals surface area contributed by atoms with Gasteiger partial charge in [0.1, 0.15) is 12.4 Å². The topological polar surface area (TPSA) is 29.5 Å². The van der Waals surface area contributed by atoms with Crippen molar-refractivity contribution in [2.45, 2.75) is 20.5 Å². The first-order chi connectivity index (χ1) is 7.13. The van der Waals surface area contributed by atoms with Crippen LogP contribution in [0.5, 0.6) is 5.75 Å². The largest absolute Gasteiger partial charge is 0.488 e. The van der Waals surface area contributed by atoms with Gasteiger partial charge in [-0.15, -0.1) is 0 Å². The second-order valence-electron chi connectivity index (χ2n) is 3.52. The molecule has 0 fully saturated rings. The predicted octanol–water partition coefficient (Wildman–Crippen LogP) is 3.18. The lowest BCUT2D eigenvalue weighted by atomic mass is 10.2. The van der Waals surface area contributed by atoms with E-state index in [9.17, 15) is 0 Å². The average Bonchev–Trinajstić information content (AvgIpc) is 2.20. The molecule has 1 N–H and O–H groups in total. The summed E-state index contributed by atoms with van der Waals surface area (Å²) in [6, 6.07) is 5.27. The van der Waals surface area contributed by atoms with Crippen LogP contribution in [0, 0.1) is 0 Å². The molecule has 0 amide bonds. The first-order valence-electron chi connectivity index (χ1n) is 4.79. The van der Waals surface area contributed by atoms with Crippen LogP contribution in [0.1, 0.15) is 19.4 Å². The second-order valence-corrected chi connectivity index (χ2v) is 3.92. The smallest absolute Gasteiger partial charge is 0.138 e. The van der Waals surface area contributed by atoms with E-state index in [1.165, 1.54) is 5.57 Å². The maximum absolute atomic E-state index is 8.89. The van der Waals surface area contributed by atoms with Crippen LogP contribution in [0.4, 0.5) is 0 Å². The molecule has 2 nitrogen and oxygen atoms in total. The van der Waals surface area contributed by atoms with E-state index in [1.54, 1.807) is 18.2 Å². The quantitative estimate of drug-likeness (QED) is 0.800. The van der Waals surface area contributed by atoms with Crippen molar-refractivity contribution in [3.05, 3.63) is 40.4 Å². The van der Waals surface area contributed by atoms with Gasteiger partial charge < -0.3 is 9.84 Å². The Hall–Kier alpha value is -0.990. The normalized spacial score (nSPS) is 9.87. The van der Waals surface area contributed by atoms with Crippen LogP contribution in [0.15, 0.2) is 29.8 Å². The van der Waals surface area contributed by atoms with Gasteiger partial charge in [0.2, 0.25) is 0 Å². The molecule has 0 aliphatic rings. The molecule has 0 saturated carbocycles. The Morgan fingerprint density at radius 1 is 1.47 bits per heavy atom. The van der Waals surface area contributed by atoms with Crippen LogP contribution < -0.4 is 4.74 Å². The Morgan fingerprint density at radius 3 is 2.73 bits per heavy atom. The fourth-order valence-corrected chi connectivity index (χ4v) is 1.32. The van der Waals surface area contributed by atoms with Crippen LogP contribution in [0.25, 0.3) is 0 Å². The summed E-state index contributed by atoms with van der Waals surface area (Å²) in [7, 11) is 0. The molecule has 15 heavy (non-hydrogen) atoms. The van der Waals surface area contributed by atoms with E-state index in [4.69, 9.17) is 21.4 Å². The van der Waals surface area contributed by atoms with Crippen LogP contribution >= 0.6 is 11.6 Å². The summed E-state index contributed by atoms with van der Waals surface area (Å²) in [5, 5.41) is 9.42. The molecule has 0 aliphatic heterocycles. The highest BCUT2D eigenvalue weighted by atomic mass is 35.5. The summed E-state index contributed by atoms with van der Waals surface area (Å²) in [5.41, 5.74) is 1.99. The summed E-state index contributed by atoms with van der Waals surface area (Å²) in [6.45, 7) is 4.54. The molecule has 0 spiro atoms. The van der Waals surface area contributed by atoms with E-state index in [0.29, 0.717) is 17.4 Å². The molecule has 0 bridgehead atoms. The molecule has 82 valence electrons. The van der Waals surface area contributed by atoms with Crippen molar-refractivity contribution in [3.8, 4) is 5.75 Å². The molecular weight excluding hydrogens is 212 g/mol. The molecule has 1 rings (SSSR count). The fraction of sp³-hybridized carbons (Fsp3) is 0.333. The lowest BCUT2D eigenvalue weighted by Gasteiger charge is -2.07. The first-order valence-corrected chi connectivity index (χ1v) is 5.16. The minimum absolute atomic E-state index is 0.00598. The lowest BCUT2D eigenvalue weighted by molar-refractivity contribution is 0.281. The number of aliphatic hydroxyl groups is 1. The molecular formula is C12H15ClO2. The fourth-order valence-electron chi connectivity index (χ4n) is 1.06. The number of halogens is 1. The number of hydrogen-bond donors (Lipinski definition) is 1. The maximum Gasteiger partial charge on any atom is 0.138 e. The molecule has 3 heteroatoms. The van der Waals surface area contributed by atoms with E-state index in [0.717, 1.165) is 5.56 Å². The zero-order chi connectivity index (χ0) is 11.3. The second kappa shape index (κ2) is 5.79. The van der Waals surface area contributed by atoms with Crippen molar-refractivity contribution in [1.29, 1.82) is 0 Å². The average molecular weight is 227 g/mol. The molecule has 0 unspecified atom stereocenters. The predicted molar refractivity (Wildman–Crippen MR) is 62.3 cm³/mol. The van der Waals surface area contributed by atoms with Crippen LogP contribution in [-0.2, 0) is 6.61 Å². The zero-order valence-corrected chi connectivity index (χ0v) is 9.71.